The van der Waals surface area contributed by atoms with Crippen molar-refractivity contribution in [2.45, 2.75) is 24.9 Å². The summed E-state index contributed by atoms with van der Waals surface area (Å²) in [6.45, 7) is 1.91. The van der Waals surface area contributed by atoms with Gasteiger partial charge in [-0.1, -0.05) is 0 Å². The zero-order valence-corrected chi connectivity index (χ0v) is 11.6. The lowest BCUT2D eigenvalue weighted by Crippen LogP contribution is -2.41. The summed E-state index contributed by atoms with van der Waals surface area (Å²) in [5, 5.41) is 17.0. The van der Waals surface area contributed by atoms with Crippen molar-refractivity contribution in [1.82, 2.24) is 20.0 Å². The van der Waals surface area contributed by atoms with E-state index in [-0.39, 0.29) is 5.91 Å². The number of nitrogens with zero attached hydrogens (tertiary/aromatic N) is 3. The van der Waals surface area contributed by atoms with Crippen LogP contribution < -0.4 is 0 Å². The molecule has 0 saturated carbocycles. The zero-order valence-electron chi connectivity index (χ0n) is 11.6. The topological polar surface area (TPSA) is 72.5 Å². The van der Waals surface area contributed by atoms with Gasteiger partial charge in [-0.3, -0.25) is 9.89 Å². The molecule has 19 heavy (non-hydrogen) atoms. The van der Waals surface area contributed by atoms with Crippen LogP contribution in [0, 0.1) is 0 Å². The summed E-state index contributed by atoms with van der Waals surface area (Å²) >= 11 is 0. The Morgan fingerprint density at radius 2 is 2.32 bits per heavy atom. The van der Waals surface area contributed by atoms with Gasteiger partial charge >= 0.3 is 0 Å². The maximum atomic E-state index is 12.2. The van der Waals surface area contributed by atoms with Crippen molar-refractivity contribution >= 4 is 5.91 Å². The molecule has 2 rings (SSSR count). The highest BCUT2D eigenvalue weighted by atomic mass is 16.3. The minimum Gasteiger partial charge on any atom is -0.388 e. The molecule has 106 valence electrons. The molecule has 1 aromatic rings. The van der Waals surface area contributed by atoms with Gasteiger partial charge in [0.15, 0.2) is 0 Å². The molecule has 2 heterocycles. The van der Waals surface area contributed by atoms with Crippen LogP contribution in [0.3, 0.4) is 0 Å². The van der Waals surface area contributed by atoms with Crippen molar-refractivity contribution in [3.63, 3.8) is 0 Å². The van der Waals surface area contributed by atoms with Crippen LogP contribution in [-0.2, 0) is 0 Å². The van der Waals surface area contributed by atoms with Crippen molar-refractivity contribution in [2.24, 2.45) is 0 Å². The van der Waals surface area contributed by atoms with Crippen molar-refractivity contribution in [3.05, 3.63) is 18.0 Å². The first kappa shape index (κ1) is 14.0. The lowest BCUT2D eigenvalue weighted by molar-refractivity contribution is 0.00303. The first-order chi connectivity index (χ1) is 9.00. The van der Waals surface area contributed by atoms with Crippen LogP contribution >= 0.6 is 0 Å². The van der Waals surface area contributed by atoms with Gasteiger partial charge in [0.05, 0.1) is 5.60 Å². The number of aromatic nitrogens is 2. The summed E-state index contributed by atoms with van der Waals surface area (Å²) in [4.78, 5) is 16.0. The average Bonchev–Trinajstić information content (AvgIpc) is 2.79. The number of carbonyl (C=O) groups is 1. The molecule has 0 bridgehead atoms. The largest absolute Gasteiger partial charge is 0.388 e. The Kier molecular flexibility index (Phi) is 4.21. The van der Waals surface area contributed by atoms with Gasteiger partial charge < -0.3 is 14.9 Å². The van der Waals surface area contributed by atoms with Crippen LogP contribution in [0.25, 0.3) is 0 Å². The lowest BCUT2D eigenvalue weighted by Gasteiger charge is -2.29. The number of H-pyrrole nitrogens is 1. The molecule has 0 aromatic carbocycles. The highest BCUT2D eigenvalue weighted by Gasteiger charge is 2.32. The van der Waals surface area contributed by atoms with Crippen LogP contribution in [0.2, 0.25) is 0 Å². The van der Waals surface area contributed by atoms with Gasteiger partial charge in [0.25, 0.3) is 5.91 Å². The third-order valence-electron chi connectivity index (χ3n) is 3.55. The van der Waals surface area contributed by atoms with Crippen LogP contribution in [-0.4, -0.2) is 70.3 Å². The molecule has 0 radical (unpaired) electrons. The maximum absolute atomic E-state index is 12.2. The Bertz CT molecular complexity index is 418. The number of hydrogen-bond acceptors (Lipinski definition) is 4. The third kappa shape index (κ3) is 3.54. The maximum Gasteiger partial charge on any atom is 0.271 e. The Balaban J connectivity index is 1.98. The number of nitrogens with one attached hydrogen (secondary N) is 1. The highest BCUT2D eigenvalue weighted by Crippen LogP contribution is 2.23. The van der Waals surface area contributed by atoms with Crippen molar-refractivity contribution < 1.29 is 9.90 Å². The third-order valence-corrected chi connectivity index (χ3v) is 3.55. The molecule has 1 amide bonds. The molecule has 1 saturated heterocycles. The smallest absolute Gasteiger partial charge is 0.271 e. The van der Waals surface area contributed by atoms with E-state index in [9.17, 15) is 9.90 Å². The van der Waals surface area contributed by atoms with Crippen molar-refractivity contribution in [1.29, 1.82) is 0 Å². The van der Waals surface area contributed by atoms with E-state index in [0.29, 0.717) is 31.7 Å². The second-order valence-electron chi connectivity index (χ2n) is 5.58. The van der Waals surface area contributed by atoms with E-state index in [0.717, 1.165) is 12.8 Å². The van der Waals surface area contributed by atoms with E-state index >= 15 is 0 Å². The van der Waals surface area contributed by atoms with Gasteiger partial charge in [0, 0.05) is 25.8 Å². The van der Waals surface area contributed by atoms with Gasteiger partial charge in [-0.25, -0.2) is 0 Å². The average molecular weight is 266 g/mol. The molecule has 1 unspecified atom stereocenters. The molecule has 6 heteroatoms. The van der Waals surface area contributed by atoms with Crippen LogP contribution in [0.4, 0.5) is 0 Å². The number of likely N-dealkylation sites (N-methyl/N-ethyl adjacent to an activating group) is 1. The highest BCUT2D eigenvalue weighted by molar-refractivity contribution is 5.92. The minimum absolute atomic E-state index is 0.0356. The SMILES string of the molecule is CN(C)CC1(O)CCCN(C(=O)c2ccn[nH]2)CC1. The second-order valence-corrected chi connectivity index (χ2v) is 5.58. The van der Waals surface area contributed by atoms with Gasteiger partial charge in [0.2, 0.25) is 0 Å². The number of rotatable bonds is 3. The Morgan fingerprint density at radius 3 is 2.95 bits per heavy atom. The number of aromatic amines is 1. The Hall–Kier alpha value is -1.40. The molecular weight excluding hydrogens is 244 g/mol. The summed E-state index contributed by atoms with van der Waals surface area (Å²) in [6.07, 6.45) is 3.75. The fourth-order valence-electron chi connectivity index (χ4n) is 2.67. The quantitative estimate of drug-likeness (QED) is 0.827. The molecule has 6 nitrogen and oxygen atoms in total. The number of hydrogen-bond donors (Lipinski definition) is 2. The number of aliphatic hydroxyl groups is 1. The van der Waals surface area contributed by atoms with E-state index in [1.807, 2.05) is 19.0 Å². The van der Waals surface area contributed by atoms with Gasteiger partial charge in [-0.05, 0) is 39.4 Å². The molecule has 1 fully saturated rings. The molecule has 2 N–H and O–H groups in total. The molecule has 1 atom stereocenters. The van der Waals surface area contributed by atoms with Gasteiger partial charge in [-0.2, -0.15) is 5.10 Å². The summed E-state index contributed by atoms with van der Waals surface area (Å²) in [6, 6.07) is 1.68. The first-order valence-corrected chi connectivity index (χ1v) is 6.66. The van der Waals surface area contributed by atoms with Crippen LogP contribution in [0.5, 0.6) is 0 Å². The van der Waals surface area contributed by atoms with Crippen molar-refractivity contribution in [3.8, 4) is 0 Å². The summed E-state index contributed by atoms with van der Waals surface area (Å²) in [5.74, 6) is -0.0356. The van der Waals surface area contributed by atoms with E-state index < -0.39 is 5.60 Å². The molecular formula is C13H22N4O2. The molecule has 1 aliphatic rings. The van der Waals surface area contributed by atoms with E-state index in [1.54, 1.807) is 17.2 Å². The normalized spacial score (nSPS) is 24.5. The molecule has 0 aliphatic carbocycles. The monoisotopic (exact) mass is 266 g/mol. The predicted molar refractivity (Wildman–Crippen MR) is 71.8 cm³/mol. The summed E-state index contributed by atoms with van der Waals surface area (Å²) in [5.41, 5.74) is -0.176. The van der Waals surface area contributed by atoms with Crippen LogP contribution in [0.1, 0.15) is 29.8 Å². The zero-order chi connectivity index (χ0) is 13.9. The van der Waals surface area contributed by atoms with E-state index in [4.69, 9.17) is 0 Å². The molecule has 1 aliphatic heterocycles. The summed E-state index contributed by atoms with van der Waals surface area (Å²) in [7, 11) is 3.91. The fourth-order valence-corrected chi connectivity index (χ4v) is 2.67. The van der Waals surface area contributed by atoms with Gasteiger partial charge in [-0.15, -0.1) is 0 Å². The predicted octanol–water partition coefficient (Wildman–Crippen LogP) is 0.328. The number of amides is 1. The number of likely N-dealkylation sites (tertiary alicyclic amines) is 1. The van der Waals surface area contributed by atoms with Crippen molar-refractivity contribution in [2.75, 3.05) is 33.7 Å². The Morgan fingerprint density at radius 1 is 1.53 bits per heavy atom. The molecule has 1 aromatic heterocycles. The fraction of sp³-hybridized carbons (Fsp3) is 0.692. The molecule has 0 spiro atoms. The number of carbonyl (C=O) groups excluding carboxylic acids is 1. The van der Waals surface area contributed by atoms with E-state index in [1.165, 1.54) is 0 Å². The Labute approximate surface area is 113 Å². The van der Waals surface area contributed by atoms with Gasteiger partial charge in [0.1, 0.15) is 5.69 Å². The first-order valence-electron chi connectivity index (χ1n) is 6.66. The van der Waals surface area contributed by atoms with Crippen LogP contribution in [0.15, 0.2) is 12.3 Å². The minimum atomic E-state index is -0.688. The van der Waals surface area contributed by atoms with E-state index in [2.05, 4.69) is 10.2 Å². The lowest BCUT2D eigenvalue weighted by atomic mass is 9.94. The standard InChI is InChI=1S/C13H22N4O2/c1-16(2)10-13(19)5-3-8-17(9-6-13)12(18)11-4-7-14-15-11/h4,7,19H,3,5-6,8-10H2,1-2H3,(H,14,15). The second kappa shape index (κ2) is 5.71. The summed E-state index contributed by atoms with van der Waals surface area (Å²) < 4.78 is 0.